The number of aliphatic hydroxyl groups excluding tert-OH is 1. The average Bonchev–Trinajstić information content (AvgIpc) is 2.31. The number of hydrogen-bond donors (Lipinski definition) is 4. The van der Waals surface area contributed by atoms with E-state index in [2.05, 4.69) is 10.5 Å². The Hall–Kier alpha value is -0.810. The van der Waals surface area contributed by atoms with Crippen LogP contribution >= 0.6 is 0 Å². The van der Waals surface area contributed by atoms with E-state index >= 15 is 0 Å². The van der Waals surface area contributed by atoms with Gasteiger partial charge >= 0.3 is 0 Å². The summed E-state index contributed by atoms with van der Waals surface area (Å²) < 4.78 is 0. The number of unbranched alkanes of at least 4 members (excludes halogenated alkanes) is 1. The van der Waals surface area contributed by atoms with Crippen molar-refractivity contribution in [1.29, 1.82) is 0 Å². The summed E-state index contributed by atoms with van der Waals surface area (Å²) in [5, 5.41) is 24.5. The molecule has 0 radical (unpaired) electrons. The quantitative estimate of drug-likeness (QED) is 0.166. The van der Waals surface area contributed by atoms with Crippen LogP contribution in [0.1, 0.15) is 47.0 Å². The van der Waals surface area contributed by atoms with Crippen molar-refractivity contribution in [1.82, 2.24) is 5.32 Å². The molecule has 0 rings (SSSR count). The summed E-state index contributed by atoms with van der Waals surface area (Å²) in [6, 6.07) is 0. The third-order valence-electron chi connectivity index (χ3n) is 3.33. The van der Waals surface area contributed by atoms with Crippen LogP contribution in [-0.4, -0.2) is 35.3 Å². The monoisotopic (exact) mass is 259 g/mol. The van der Waals surface area contributed by atoms with E-state index in [0.717, 1.165) is 25.8 Å². The third kappa shape index (κ3) is 6.81. The minimum atomic E-state index is -0.279. The van der Waals surface area contributed by atoms with Gasteiger partial charge in [-0.3, -0.25) is 0 Å². The standard InChI is InChI=1S/C13H29N3O2/c1-10(2)11(17)9-15-8-6-5-7-13(3,4)12(14)16-18/h10-11,15,17-18H,5-9H2,1-4H3,(H2,14,16). The number of oxime groups is 1. The first-order chi connectivity index (χ1) is 8.31. The Morgan fingerprint density at radius 3 is 2.44 bits per heavy atom. The summed E-state index contributed by atoms with van der Waals surface area (Å²) in [6.07, 6.45) is 2.64. The van der Waals surface area contributed by atoms with Gasteiger partial charge in [-0.15, -0.1) is 0 Å². The van der Waals surface area contributed by atoms with Gasteiger partial charge in [0.15, 0.2) is 0 Å². The number of amidine groups is 1. The first kappa shape index (κ1) is 17.2. The summed E-state index contributed by atoms with van der Waals surface area (Å²) in [5.41, 5.74) is 5.36. The maximum atomic E-state index is 9.59. The molecule has 0 aliphatic carbocycles. The summed E-state index contributed by atoms with van der Waals surface area (Å²) in [4.78, 5) is 0. The van der Waals surface area contributed by atoms with Gasteiger partial charge in [-0.1, -0.05) is 39.3 Å². The van der Waals surface area contributed by atoms with Crippen LogP contribution in [0.2, 0.25) is 0 Å². The number of nitrogens with one attached hydrogen (secondary N) is 1. The zero-order chi connectivity index (χ0) is 14.2. The minimum Gasteiger partial charge on any atom is -0.409 e. The summed E-state index contributed by atoms with van der Waals surface area (Å²) in [5.74, 6) is 0.572. The second-order valence-corrected chi connectivity index (χ2v) is 5.84. The predicted octanol–water partition coefficient (Wildman–Crippen LogP) is 1.54. The number of rotatable bonds is 9. The van der Waals surface area contributed by atoms with Gasteiger partial charge in [0.05, 0.1) is 6.10 Å². The summed E-state index contributed by atoms with van der Waals surface area (Å²) in [6.45, 7) is 9.48. The molecule has 0 aromatic heterocycles. The fraction of sp³-hybridized carbons (Fsp3) is 0.923. The molecule has 1 unspecified atom stereocenters. The Morgan fingerprint density at radius 1 is 1.33 bits per heavy atom. The SMILES string of the molecule is CC(C)C(O)CNCCCCC(C)(C)C(N)=NO. The molecule has 0 aliphatic heterocycles. The van der Waals surface area contributed by atoms with E-state index in [-0.39, 0.29) is 23.3 Å². The molecule has 0 heterocycles. The molecule has 0 saturated heterocycles. The molecule has 0 amide bonds. The highest BCUT2D eigenvalue weighted by Gasteiger charge is 2.22. The first-order valence-corrected chi connectivity index (χ1v) is 6.68. The van der Waals surface area contributed by atoms with Crippen molar-refractivity contribution in [2.24, 2.45) is 22.2 Å². The Labute approximate surface area is 110 Å². The zero-order valence-corrected chi connectivity index (χ0v) is 12.1. The normalized spacial score (nSPS) is 15.1. The van der Waals surface area contributed by atoms with Crippen LogP contribution in [0.5, 0.6) is 0 Å². The molecule has 0 bridgehead atoms. The van der Waals surface area contributed by atoms with Gasteiger partial charge < -0.3 is 21.4 Å². The summed E-state index contributed by atoms with van der Waals surface area (Å²) >= 11 is 0. The van der Waals surface area contributed by atoms with Crippen molar-refractivity contribution in [3.05, 3.63) is 0 Å². The maximum Gasteiger partial charge on any atom is 0.144 e. The van der Waals surface area contributed by atoms with Crippen LogP contribution in [-0.2, 0) is 0 Å². The molecule has 0 aromatic rings. The van der Waals surface area contributed by atoms with Crippen molar-refractivity contribution < 1.29 is 10.3 Å². The van der Waals surface area contributed by atoms with Crippen molar-refractivity contribution >= 4 is 5.84 Å². The molecule has 18 heavy (non-hydrogen) atoms. The lowest BCUT2D eigenvalue weighted by Crippen LogP contribution is -2.33. The van der Waals surface area contributed by atoms with Crippen molar-refractivity contribution in [2.45, 2.75) is 53.1 Å². The van der Waals surface area contributed by atoms with E-state index in [0.29, 0.717) is 6.54 Å². The average molecular weight is 259 g/mol. The van der Waals surface area contributed by atoms with Crippen molar-refractivity contribution in [3.8, 4) is 0 Å². The fourth-order valence-electron chi connectivity index (χ4n) is 1.57. The number of nitrogens with two attached hydrogens (primary N) is 1. The van der Waals surface area contributed by atoms with E-state index < -0.39 is 0 Å². The predicted molar refractivity (Wildman–Crippen MR) is 74.8 cm³/mol. The molecular formula is C13H29N3O2. The Balaban J connectivity index is 3.63. The van der Waals surface area contributed by atoms with E-state index in [1.807, 2.05) is 27.7 Å². The lowest BCUT2D eigenvalue weighted by molar-refractivity contribution is 0.123. The van der Waals surface area contributed by atoms with E-state index in [4.69, 9.17) is 10.9 Å². The number of aliphatic hydroxyl groups is 1. The molecule has 5 heteroatoms. The van der Waals surface area contributed by atoms with Crippen LogP contribution < -0.4 is 11.1 Å². The maximum absolute atomic E-state index is 9.59. The van der Waals surface area contributed by atoms with Crippen molar-refractivity contribution in [3.63, 3.8) is 0 Å². The van der Waals surface area contributed by atoms with Gasteiger partial charge in [0.2, 0.25) is 0 Å². The van der Waals surface area contributed by atoms with Crippen LogP contribution in [0.25, 0.3) is 0 Å². The second kappa shape index (κ2) is 8.32. The highest BCUT2D eigenvalue weighted by molar-refractivity contribution is 5.85. The van der Waals surface area contributed by atoms with Gasteiger partial charge in [-0.25, -0.2) is 0 Å². The van der Waals surface area contributed by atoms with E-state index in [1.54, 1.807) is 0 Å². The second-order valence-electron chi connectivity index (χ2n) is 5.84. The van der Waals surface area contributed by atoms with Crippen LogP contribution in [0, 0.1) is 11.3 Å². The molecule has 0 saturated carbocycles. The smallest absolute Gasteiger partial charge is 0.144 e. The molecule has 0 spiro atoms. The van der Waals surface area contributed by atoms with Gasteiger partial charge in [0, 0.05) is 12.0 Å². The minimum absolute atomic E-state index is 0.258. The Bertz CT molecular complexity index is 253. The van der Waals surface area contributed by atoms with Gasteiger partial charge in [0.25, 0.3) is 0 Å². The van der Waals surface area contributed by atoms with Crippen LogP contribution in [0.15, 0.2) is 5.16 Å². The molecular weight excluding hydrogens is 230 g/mol. The van der Waals surface area contributed by atoms with E-state index in [1.165, 1.54) is 0 Å². The molecule has 5 N–H and O–H groups in total. The van der Waals surface area contributed by atoms with E-state index in [9.17, 15) is 5.11 Å². The highest BCUT2D eigenvalue weighted by atomic mass is 16.4. The zero-order valence-electron chi connectivity index (χ0n) is 12.1. The number of nitrogens with zero attached hydrogens (tertiary/aromatic N) is 1. The third-order valence-corrected chi connectivity index (χ3v) is 3.33. The topological polar surface area (TPSA) is 90.9 Å². The number of hydrogen-bond acceptors (Lipinski definition) is 4. The van der Waals surface area contributed by atoms with Gasteiger partial charge in [0.1, 0.15) is 5.84 Å². The molecule has 108 valence electrons. The molecule has 0 fully saturated rings. The molecule has 5 nitrogen and oxygen atoms in total. The van der Waals surface area contributed by atoms with Crippen molar-refractivity contribution in [2.75, 3.05) is 13.1 Å². The Kier molecular flexibility index (Phi) is 7.95. The first-order valence-electron chi connectivity index (χ1n) is 6.68. The van der Waals surface area contributed by atoms with Crippen LogP contribution in [0.4, 0.5) is 0 Å². The lowest BCUT2D eigenvalue weighted by atomic mass is 9.86. The highest BCUT2D eigenvalue weighted by Crippen LogP contribution is 2.23. The Morgan fingerprint density at radius 2 is 1.94 bits per heavy atom. The lowest BCUT2D eigenvalue weighted by Gasteiger charge is -2.22. The molecule has 1 atom stereocenters. The van der Waals surface area contributed by atoms with Gasteiger partial charge in [-0.2, -0.15) is 0 Å². The summed E-state index contributed by atoms with van der Waals surface area (Å²) in [7, 11) is 0. The van der Waals surface area contributed by atoms with Crippen LogP contribution in [0.3, 0.4) is 0 Å². The molecule has 0 aromatic carbocycles. The van der Waals surface area contributed by atoms with Gasteiger partial charge in [-0.05, 0) is 25.3 Å². The molecule has 0 aliphatic rings. The largest absolute Gasteiger partial charge is 0.409 e. The fourth-order valence-corrected chi connectivity index (χ4v) is 1.57.